The number of amides is 1. The second-order valence-corrected chi connectivity index (χ2v) is 8.38. The Hall–Kier alpha value is -3.12. The van der Waals surface area contributed by atoms with E-state index in [0.29, 0.717) is 5.56 Å². The summed E-state index contributed by atoms with van der Waals surface area (Å²) >= 11 is 1.04. The highest BCUT2D eigenvalue weighted by Gasteiger charge is 2.47. The van der Waals surface area contributed by atoms with E-state index in [9.17, 15) is 24.0 Å². The van der Waals surface area contributed by atoms with Crippen molar-refractivity contribution in [1.29, 1.82) is 0 Å². The molecule has 12 heteroatoms. The SMILES string of the molecule is COC(=O)C(CSC1OCC(OC(C)=O)C(OC(C)=O)C1OC(C)=O)NC(=O)c1ccccc1. The minimum absolute atomic E-state index is 0.0152. The van der Waals surface area contributed by atoms with Crippen molar-refractivity contribution in [3.63, 3.8) is 0 Å². The van der Waals surface area contributed by atoms with E-state index in [1.54, 1.807) is 30.3 Å². The lowest BCUT2D eigenvalue weighted by Crippen LogP contribution is -2.57. The summed E-state index contributed by atoms with van der Waals surface area (Å²) in [5.74, 6) is -3.17. The third-order valence-electron chi connectivity index (χ3n) is 4.56. The molecule has 1 N–H and O–H groups in total. The fourth-order valence-electron chi connectivity index (χ4n) is 3.18. The van der Waals surface area contributed by atoms with E-state index in [0.717, 1.165) is 11.8 Å². The quantitative estimate of drug-likeness (QED) is 0.383. The Bertz CT molecular complexity index is 893. The summed E-state index contributed by atoms with van der Waals surface area (Å²) in [6, 6.07) is 7.26. The molecule has 1 amide bonds. The molecule has 186 valence electrons. The third-order valence-corrected chi connectivity index (χ3v) is 5.82. The van der Waals surface area contributed by atoms with E-state index < -0.39 is 59.6 Å². The number of rotatable bonds is 9. The van der Waals surface area contributed by atoms with Crippen LogP contribution in [-0.2, 0) is 42.9 Å². The number of hydrogen-bond acceptors (Lipinski definition) is 11. The maximum absolute atomic E-state index is 12.5. The first-order valence-electron chi connectivity index (χ1n) is 10.3. The van der Waals surface area contributed by atoms with Gasteiger partial charge < -0.3 is 29.0 Å². The zero-order chi connectivity index (χ0) is 25.3. The molecule has 0 radical (unpaired) electrons. The van der Waals surface area contributed by atoms with E-state index in [1.807, 2.05) is 0 Å². The van der Waals surface area contributed by atoms with Gasteiger partial charge in [-0.25, -0.2) is 4.79 Å². The molecule has 2 rings (SSSR count). The van der Waals surface area contributed by atoms with Gasteiger partial charge in [0.25, 0.3) is 5.91 Å². The largest absolute Gasteiger partial charge is 0.467 e. The molecule has 0 aromatic heterocycles. The van der Waals surface area contributed by atoms with Crippen molar-refractivity contribution in [3.05, 3.63) is 35.9 Å². The number of benzene rings is 1. The van der Waals surface area contributed by atoms with Crippen molar-refractivity contribution in [2.75, 3.05) is 19.5 Å². The number of carbonyl (C=O) groups excluding carboxylic acids is 5. The average Bonchev–Trinajstić information content (AvgIpc) is 2.78. The van der Waals surface area contributed by atoms with Crippen LogP contribution in [0.25, 0.3) is 0 Å². The minimum Gasteiger partial charge on any atom is -0.467 e. The average molecular weight is 498 g/mol. The predicted molar refractivity (Wildman–Crippen MR) is 119 cm³/mol. The number of ether oxygens (including phenoxy) is 5. The van der Waals surface area contributed by atoms with Crippen LogP contribution in [0.3, 0.4) is 0 Å². The summed E-state index contributed by atoms with van der Waals surface area (Å²) in [5.41, 5.74) is -0.548. The van der Waals surface area contributed by atoms with Crippen molar-refractivity contribution < 1.29 is 47.7 Å². The highest BCUT2D eigenvalue weighted by atomic mass is 32.2. The molecule has 0 spiro atoms. The molecule has 1 aliphatic rings. The first-order valence-corrected chi connectivity index (χ1v) is 11.4. The molecule has 1 fully saturated rings. The normalized spacial score (nSPS) is 22.6. The predicted octanol–water partition coefficient (Wildman–Crippen LogP) is 0.843. The second kappa shape index (κ2) is 12.9. The van der Waals surface area contributed by atoms with E-state index in [2.05, 4.69) is 5.32 Å². The zero-order valence-electron chi connectivity index (χ0n) is 19.2. The fourth-order valence-corrected chi connectivity index (χ4v) is 4.36. The van der Waals surface area contributed by atoms with Gasteiger partial charge in [-0.1, -0.05) is 18.2 Å². The Morgan fingerprint density at radius 2 is 1.56 bits per heavy atom. The van der Waals surface area contributed by atoms with E-state index in [1.165, 1.54) is 27.9 Å². The Kier molecular flexibility index (Phi) is 10.3. The molecule has 34 heavy (non-hydrogen) atoms. The molecule has 5 unspecified atom stereocenters. The molecule has 0 bridgehead atoms. The minimum atomic E-state index is -1.15. The molecule has 0 saturated carbocycles. The smallest absolute Gasteiger partial charge is 0.329 e. The van der Waals surface area contributed by atoms with Crippen LogP contribution in [0.1, 0.15) is 31.1 Å². The number of carbonyl (C=O) groups is 5. The number of hydrogen-bond donors (Lipinski definition) is 1. The van der Waals surface area contributed by atoms with Gasteiger partial charge >= 0.3 is 23.9 Å². The van der Waals surface area contributed by atoms with Crippen molar-refractivity contribution >= 4 is 41.5 Å². The van der Waals surface area contributed by atoms with Crippen LogP contribution in [-0.4, -0.2) is 79.0 Å². The highest BCUT2D eigenvalue weighted by molar-refractivity contribution is 7.99. The summed E-state index contributed by atoms with van der Waals surface area (Å²) in [6.45, 7) is 3.37. The number of esters is 4. The number of thioether (sulfide) groups is 1. The number of methoxy groups -OCH3 is 1. The van der Waals surface area contributed by atoms with Crippen LogP contribution < -0.4 is 5.32 Å². The van der Waals surface area contributed by atoms with Crippen molar-refractivity contribution in [2.24, 2.45) is 0 Å². The van der Waals surface area contributed by atoms with Gasteiger partial charge in [0.15, 0.2) is 18.3 Å². The van der Waals surface area contributed by atoms with Gasteiger partial charge in [0.2, 0.25) is 0 Å². The molecular weight excluding hydrogens is 470 g/mol. The maximum Gasteiger partial charge on any atom is 0.329 e. The van der Waals surface area contributed by atoms with Gasteiger partial charge in [0, 0.05) is 32.1 Å². The first-order chi connectivity index (χ1) is 16.1. The van der Waals surface area contributed by atoms with Gasteiger partial charge in [0.1, 0.15) is 11.5 Å². The van der Waals surface area contributed by atoms with Crippen LogP contribution in [0.2, 0.25) is 0 Å². The van der Waals surface area contributed by atoms with Crippen LogP contribution in [0.15, 0.2) is 30.3 Å². The molecule has 0 aliphatic carbocycles. The summed E-state index contributed by atoms with van der Waals surface area (Å²) < 4.78 is 26.3. The summed E-state index contributed by atoms with van der Waals surface area (Å²) in [6.07, 6.45) is -3.28. The Morgan fingerprint density at radius 3 is 2.12 bits per heavy atom. The van der Waals surface area contributed by atoms with Crippen LogP contribution >= 0.6 is 11.8 Å². The topological polar surface area (TPSA) is 144 Å². The van der Waals surface area contributed by atoms with E-state index >= 15 is 0 Å². The van der Waals surface area contributed by atoms with Crippen LogP contribution in [0, 0.1) is 0 Å². The number of nitrogens with one attached hydrogen (secondary N) is 1. The van der Waals surface area contributed by atoms with E-state index in [4.69, 9.17) is 23.7 Å². The standard InChI is InChI=1S/C22H27NO10S/c1-12(24)31-17-10-30-22(19(33-14(3)26)18(17)32-13(2)25)34-11-16(21(28)29-4)23-20(27)15-8-6-5-7-9-15/h5-9,16-19,22H,10-11H2,1-4H3,(H,23,27). The summed E-state index contributed by atoms with van der Waals surface area (Å²) in [4.78, 5) is 59.7. The van der Waals surface area contributed by atoms with Crippen molar-refractivity contribution in [2.45, 2.75) is 50.6 Å². The molecule has 11 nitrogen and oxygen atoms in total. The van der Waals surface area contributed by atoms with Crippen LogP contribution in [0.5, 0.6) is 0 Å². The first kappa shape index (κ1) is 27.1. The Balaban J connectivity index is 2.18. The molecule has 1 aromatic rings. The van der Waals surface area contributed by atoms with Gasteiger partial charge in [0.05, 0.1) is 13.7 Å². The molecule has 1 saturated heterocycles. The van der Waals surface area contributed by atoms with Gasteiger partial charge in [-0.05, 0) is 12.1 Å². The lowest BCUT2D eigenvalue weighted by molar-refractivity contribution is -0.213. The molecule has 5 atom stereocenters. The maximum atomic E-state index is 12.5. The Labute approximate surface area is 200 Å². The highest BCUT2D eigenvalue weighted by Crippen LogP contribution is 2.31. The molecule has 1 aliphatic heterocycles. The lowest BCUT2D eigenvalue weighted by Gasteiger charge is -2.40. The monoisotopic (exact) mass is 497 g/mol. The molecular formula is C22H27NO10S. The van der Waals surface area contributed by atoms with Gasteiger partial charge in [-0.2, -0.15) is 0 Å². The summed E-state index contributed by atoms with van der Waals surface area (Å²) in [7, 11) is 1.19. The zero-order valence-corrected chi connectivity index (χ0v) is 20.0. The second-order valence-electron chi connectivity index (χ2n) is 7.25. The fraction of sp³-hybridized carbons (Fsp3) is 0.500. The molecule has 1 heterocycles. The summed E-state index contributed by atoms with van der Waals surface area (Å²) in [5, 5.41) is 2.61. The van der Waals surface area contributed by atoms with Gasteiger partial charge in [-0.15, -0.1) is 11.8 Å². The van der Waals surface area contributed by atoms with Crippen molar-refractivity contribution in [3.8, 4) is 0 Å². The van der Waals surface area contributed by atoms with Crippen LogP contribution in [0.4, 0.5) is 0 Å². The van der Waals surface area contributed by atoms with E-state index in [-0.39, 0.29) is 12.4 Å². The lowest BCUT2D eigenvalue weighted by atomic mass is 10.1. The third kappa shape index (κ3) is 8.03. The molecule has 1 aromatic carbocycles. The van der Waals surface area contributed by atoms with Gasteiger partial charge in [-0.3, -0.25) is 19.2 Å². The van der Waals surface area contributed by atoms with Crippen molar-refractivity contribution in [1.82, 2.24) is 5.32 Å². The Morgan fingerprint density at radius 1 is 0.971 bits per heavy atom.